The van der Waals surface area contributed by atoms with Crippen molar-refractivity contribution in [1.82, 2.24) is 29.1 Å². The van der Waals surface area contributed by atoms with E-state index in [9.17, 15) is 14.4 Å². The van der Waals surface area contributed by atoms with Gasteiger partial charge in [0.15, 0.2) is 5.65 Å². The van der Waals surface area contributed by atoms with Crippen molar-refractivity contribution in [2.75, 3.05) is 37.0 Å². The van der Waals surface area contributed by atoms with E-state index in [0.717, 1.165) is 0 Å². The highest BCUT2D eigenvalue weighted by Gasteiger charge is 2.27. The van der Waals surface area contributed by atoms with E-state index in [4.69, 9.17) is 30.8 Å². The van der Waals surface area contributed by atoms with Gasteiger partial charge in [0.1, 0.15) is 23.0 Å². The number of carbonyl (C=O) groups is 2. The molecule has 1 aliphatic heterocycles. The smallest absolute Gasteiger partial charge is 0.351 e. The second-order valence-electron chi connectivity index (χ2n) is 8.21. The molecule has 3 aromatic heterocycles. The highest BCUT2D eigenvalue weighted by molar-refractivity contribution is 8.00. The molecule has 0 aliphatic carbocycles. The van der Waals surface area contributed by atoms with Crippen LogP contribution >= 0.6 is 11.8 Å². The van der Waals surface area contributed by atoms with E-state index in [0.29, 0.717) is 29.9 Å². The molecule has 0 aromatic carbocycles. The number of imidazole rings is 1. The topological polar surface area (TPSA) is 213 Å². The Labute approximate surface area is 221 Å². The minimum Gasteiger partial charge on any atom is -0.465 e. The van der Waals surface area contributed by atoms with Gasteiger partial charge in [-0.2, -0.15) is 9.97 Å². The molecule has 16 heteroatoms. The van der Waals surface area contributed by atoms with E-state index in [1.807, 2.05) is 4.57 Å². The van der Waals surface area contributed by atoms with Crippen molar-refractivity contribution in [3.05, 3.63) is 35.3 Å². The molecular formula is C22H30N8O7S. The highest BCUT2D eigenvalue weighted by Crippen LogP contribution is 2.30. The Morgan fingerprint density at radius 1 is 1.21 bits per heavy atom. The van der Waals surface area contributed by atoms with Crippen LogP contribution in [0, 0.1) is 5.92 Å². The van der Waals surface area contributed by atoms with Crippen molar-refractivity contribution >= 4 is 46.6 Å². The van der Waals surface area contributed by atoms with Crippen LogP contribution in [0.5, 0.6) is 0 Å². The van der Waals surface area contributed by atoms with Gasteiger partial charge in [-0.25, -0.2) is 14.8 Å². The average Bonchev–Trinajstić information content (AvgIpc) is 3.50. The van der Waals surface area contributed by atoms with Crippen LogP contribution < -0.4 is 17.2 Å². The third kappa shape index (κ3) is 8.39. The molecule has 4 rings (SSSR count). The lowest BCUT2D eigenvalue weighted by atomic mass is 10.1. The number of rotatable bonds is 9. The lowest BCUT2D eigenvalue weighted by molar-refractivity contribution is -0.146. The first-order valence-corrected chi connectivity index (χ1v) is 12.6. The molecule has 2 atom stereocenters. The maximum atomic E-state index is 11.4. The van der Waals surface area contributed by atoms with Crippen molar-refractivity contribution in [3.63, 3.8) is 0 Å². The number of aliphatic hydroxyl groups is 1. The monoisotopic (exact) mass is 550 g/mol. The van der Waals surface area contributed by atoms with Crippen LogP contribution in [0.25, 0.3) is 11.2 Å². The molecular weight excluding hydrogens is 520 g/mol. The van der Waals surface area contributed by atoms with Crippen molar-refractivity contribution in [1.29, 1.82) is 0 Å². The quantitative estimate of drug-likeness (QED) is 0.298. The number of nitrogens with zero attached hydrogens (tertiary/aromatic N) is 6. The Bertz CT molecular complexity index is 1280. The summed E-state index contributed by atoms with van der Waals surface area (Å²) in [6.45, 7) is 3.56. The molecule has 0 spiro atoms. The number of fused-ring (bicyclic) bond motifs is 1. The van der Waals surface area contributed by atoms with Gasteiger partial charge in [-0.05, 0) is 12.5 Å². The van der Waals surface area contributed by atoms with Crippen molar-refractivity contribution in [2.45, 2.75) is 38.5 Å². The van der Waals surface area contributed by atoms with Crippen molar-refractivity contribution in [2.24, 2.45) is 5.92 Å². The molecule has 1 saturated heterocycles. The SMILES string of the molecule is CC(=O)OCC(CCn1cnc2cnc(N)nc21)COC(C)=O.Nc1ccn([C@H]2CS[C@@H](CO)O2)c(=O)n1. The first-order valence-electron chi connectivity index (χ1n) is 11.6. The zero-order valence-electron chi connectivity index (χ0n) is 20.9. The van der Waals surface area contributed by atoms with E-state index in [1.165, 1.54) is 30.2 Å². The number of nitrogen functional groups attached to an aromatic ring is 2. The first-order chi connectivity index (χ1) is 18.2. The molecule has 0 bridgehead atoms. The molecule has 1 aliphatic rings. The summed E-state index contributed by atoms with van der Waals surface area (Å²) in [4.78, 5) is 49.2. The zero-order chi connectivity index (χ0) is 27.7. The molecule has 0 saturated carbocycles. The number of aryl methyl sites for hydroxylation is 1. The number of hydrogen-bond acceptors (Lipinski definition) is 14. The molecule has 38 heavy (non-hydrogen) atoms. The number of carbonyl (C=O) groups excluding carboxylic acids is 2. The van der Waals surface area contributed by atoms with Gasteiger partial charge < -0.3 is 35.4 Å². The minimum absolute atomic E-state index is 0.0572. The molecule has 0 unspecified atom stereocenters. The summed E-state index contributed by atoms with van der Waals surface area (Å²) in [7, 11) is 0. The molecule has 0 amide bonds. The maximum Gasteiger partial charge on any atom is 0.351 e. The van der Waals surface area contributed by atoms with E-state index >= 15 is 0 Å². The fraction of sp³-hybridized carbons (Fsp3) is 0.500. The van der Waals surface area contributed by atoms with Crippen LogP contribution in [0.3, 0.4) is 0 Å². The predicted molar refractivity (Wildman–Crippen MR) is 137 cm³/mol. The molecule has 5 N–H and O–H groups in total. The van der Waals surface area contributed by atoms with E-state index in [2.05, 4.69) is 19.9 Å². The second kappa shape index (κ2) is 13.7. The summed E-state index contributed by atoms with van der Waals surface area (Å²) >= 11 is 1.47. The summed E-state index contributed by atoms with van der Waals surface area (Å²) in [5.74, 6) is 0.144. The predicted octanol–water partition coefficient (Wildman–Crippen LogP) is -0.0531. The minimum atomic E-state index is -0.431. The van der Waals surface area contributed by atoms with Gasteiger partial charge in [0, 0.05) is 38.3 Å². The number of thioether (sulfide) groups is 1. The van der Waals surface area contributed by atoms with Gasteiger partial charge in [-0.15, -0.1) is 11.8 Å². The molecule has 4 heterocycles. The van der Waals surface area contributed by atoms with Crippen molar-refractivity contribution in [3.8, 4) is 0 Å². The molecule has 206 valence electrons. The van der Waals surface area contributed by atoms with Crippen LogP contribution in [0.2, 0.25) is 0 Å². The Hall–Kier alpha value is -3.76. The second-order valence-corrected chi connectivity index (χ2v) is 9.41. The van der Waals surface area contributed by atoms with Crippen LogP contribution in [-0.2, 0) is 30.3 Å². The lowest BCUT2D eigenvalue weighted by Crippen LogP contribution is -2.28. The zero-order valence-corrected chi connectivity index (χ0v) is 21.7. The van der Waals surface area contributed by atoms with Gasteiger partial charge in [0.25, 0.3) is 0 Å². The molecule has 3 aromatic rings. The lowest BCUT2D eigenvalue weighted by Gasteiger charge is -2.16. The third-order valence-corrected chi connectivity index (χ3v) is 6.35. The van der Waals surface area contributed by atoms with Crippen LogP contribution in [0.15, 0.2) is 29.6 Å². The Morgan fingerprint density at radius 3 is 2.53 bits per heavy atom. The first kappa shape index (κ1) is 28.8. The number of nitrogens with two attached hydrogens (primary N) is 2. The highest BCUT2D eigenvalue weighted by atomic mass is 32.2. The molecule has 0 radical (unpaired) electrons. The Morgan fingerprint density at radius 2 is 1.92 bits per heavy atom. The third-order valence-electron chi connectivity index (χ3n) is 5.24. The fourth-order valence-corrected chi connectivity index (χ4v) is 4.30. The molecule has 15 nitrogen and oxygen atoms in total. The summed E-state index contributed by atoms with van der Waals surface area (Å²) in [6.07, 6.45) is 5.01. The normalized spacial score (nSPS) is 16.7. The fourth-order valence-electron chi connectivity index (χ4n) is 3.37. The standard InChI is InChI=1S/C14H19N5O4.C8H11N3O3S/c1-9(20)22-6-11(7-23-10(2)21)3-4-19-8-17-12-5-16-14(15)18-13(12)19;9-5-1-2-11(8(13)10-5)6-4-15-7(3-12)14-6/h5,8,11H,3-4,6-7H2,1-2H3,(H2,15,16,18);1-2,6-7,12H,3-4H2,(H2,9,10,13)/t;6-,7+/m.1/s1. The van der Waals surface area contributed by atoms with Gasteiger partial charge in [-0.1, -0.05) is 0 Å². The summed E-state index contributed by atoms with van der Waals surface area (Å²) in [5, 5.41) is 8.88. The van der Waals surface area contributed by atoms with E-state index in [1.54, 1.807) is 24.8 Å². The number of ether oxygens (including phenoxy) is 3. The average molecular weight is 551 g/mol. The number of aliphatic hydroxyl groups excluding tert-OH is 1. The van der Waals surface area contributed by atoms with Crippen LogP contribution in [-0.4, -0.2) is 77.1 Å². The van der Waals surface area contributed by atoms with Gasteiger partial charge >= 0.3 is 17.6 Å². The largest absolute Gasteiger partial charge is 0.465 e. The number of esters is 2. The summed E-state index contributed by atoms with van der Waals surface area (Å²) < 4.78 is 18.6. The summed E-state index contributed by atoms with van der Waals surface area (Å²) in [5.41, 5.74) is 11.5. The number of hydrogen-bond donors (Lipinski definition) is 3. The Balaban J connectivity index is 0.000000230. The van der Waals surface area contributed by atoms with E-state index in [-0.39, 0.29) is 61.1 Å². The van der Waals surface area contributed by atoms with E-state index < -0.39 is 5.69 Å². The molecule has 1 fully saturated rings. The van der Waals surface area contributed by atoms with Crippen LogP contribution in [0.4, 0.5) is 11.8 Å². The Kier molecular flexibility index (Phi) is 10.4. The number of aromatic nitrogens is 6. The maximum absolute atomic E-state index is 11.4. The van der Waals surface area contributed by atoms with Gasteiger partial charge in [0.2, 0.25) is 5.95 Å². The van der Waals surface area contributed by atoms with Crippen LogP contribution in [0.1, 0.15) is 26.5 Å². The van der Waals surface area contributed by atoms with Gasteiger partial charge in [-0.3, -0.25) is 14.2 Å². The number of anilines is 2. The van der Waals surface area contributed by atoms with Crippen molar-refractivity contribution < 1.29 is 28.9 Å². The van der Waals surface area contributed by atoms with Gasteiger partial charge in [0.05, 0.1) is 32.3 Å². The summed E-state index contributed by atoms with van der Waals surface area (Å²) in [6, 6.07) is 1.54.